The lowest BCUT2D eigenvalue weighted by Gasteiger charge is -2.00. The van der Waals surface area contributed by atoms with Gasteiger partial charge in [-0.3, -0.25) is 9.59 Å². The van der Waals surface area contributed by atoms with E-state index in [1.54, 1.807) is 12.3 Å². The number of hydrogen-bond acceptors (Lipinski definition) is 6. The molecule has 0 saturated carbocycles. The van der Waals surface area contributed by atoms with Gasteiger partial charge in [0.2, 0.25) is 0 Å². The number of carboxylic acids is 1. The largest absolute Gasteiger partial charge is 0.481 e. The van der Waals surface area contributed by atoms with Gasteiger partial charge in [-0.15, -0.1) is 16.4 Å². The van der Waals surface area contributed by atoms with E-state index in [-0.39, 0.29) is 18.5 Å². The van der Waals surface area contributed by atoms with Crippen molar-refractivity contribution in [1.82, 2.24) is 25.0 Å². The first-order valence-electron chi connectivity index (χ1n) is 6.19. The van der Waals surface area contributed by atoms with Gasteiger partial charge in [-0.25, -0.2) is 9.67 Å². The number of aromatic amines is 1. The minimum Gasteiger partial charge on any atom is -0.481 e. The van der Waals surface area contributed by atoms with Crippen molar-refractivity contribution in [2.75, 3.05) is 0 Å². The third-order valence-corrected chi connectivity index (χ3v) is 3.76. The third-order valence-electron chi connectivity index (χ3n) is 2.86. The molecule has 0 radical (unpaired) electrons. The van der Waals surface area contributed by atoms with Crippen LogP contribution in [0.5, 0.6) is 0 Å². The first-order chi connectivity index (χ1) is 10.1. The summed E-state index contributed by atoms with van der Waals surface area (Å²) in [6, 6.07) is 1.79. The zero-order chi connectivity index (χ0) is 14.8. The highest BCUT2D eigenvalue weighted by atomic mass is 32.1. The SMILES string of the molecule is O=C(O)CCc1cn(Cc2nc3ccsc3c(=O)[nH]2)nn1. The number of carbonyl (C=O) groups is 1. The van der Waals surface area contributed by atoms with Crippen LogP contribution < -0.4 is 5.56 Å². The second-order valence-corrected chi connectivity index (χ2v) is 5.36. The van der Waals surface area contributed by atoms with Gasteiger partial charge in [0.25, 0.3) is 5.56 Å². The van der Waals surface area contributed by atoms with E-state index in [4.69, 9.17) is 5.11 Å². The molecule has 0 spiro atoms. The summed E-state index contributed by atoms with van der Waals surface area (Å²) in [5, 5.41) is 18.2. The smallest absolute Gasteiger partial charge is 0.303 e. The summed E-state index contributed by atoms with van der Waals surface area (Å²) >= 11 is 1.35. The molecule has 3 rings (SSSR count). The van der Waals surface area contributed by atoms with Crippen LogP contribution in [0.25, 0.3) is 10.2 Å². The van der Waals surface area contributed by atoms with Gasteiger partial charge in [0.1, 0.15) is 17.1 Å². The molecule has 0 unspecified atom stereocenters. The molecule has 3 aromatic heterocycles. The molecule has 9 heteroatoms. The summed E-state index contributed by atoms with van der Waals surface area (Å²) < 4.78 is 2.12. The van der Waals surface area contributed by atoms with E-state index in [1.807, 2.05) is 5.38 Å². The molecule has 8 nitrogen and oxygen atoms in total. The number of aromatic nitrogens is 5. The van der Waals surface area contributed by atoms with Crippen LogP contribution in [0.1, 0.15) is 17.9 Å². The fraction of sp³-hybridized carbons (Fsp3) is 0.250. The quantitative estimate of drug-likeness (QED) is 0.715. The van der Waals surface area contributed by atoms with Gasteiger partial charge in [-0.2, -0.15) is 0 Å². The van der Waals surface area contributed by atoms with E-state index in [2.05, 4.69) is 20.3 Å². The maximum atomic E-state index is 11.8. The Kier molecular flexibility index (Phi) is 3.48. The number of rotatable bonds is 5. The molecular formula is C12H11N5O3S. The Morgan fingerprint density at radius 2 is 2.33 bits per heavy atom. The van der Waals surface area contributed by atoms with Crippen molar-refractivity contribution >= 4 is 27.5 Å². The molecule has 21 heavy (non-hydrogen) atoms. The number of nitrogens with one attached hydrogen (secondary N) is 1. The van der Waals surface area contributed by atoms with Crippen LogP contribution in [-0.4, -0.2) is 36.0 Å². The number of fused-ring (bicyclic) bond motifs is 1. The second-order valence-electron chi connectivity index (χ2n) is 4.45. The Labute approximate surface area is 122 Å². The summed E-state index contributed by atoms with van der Waals surface area (Å²) in [7, 11) is 0. The van der Waals surface area contributed by atoms with Gasteiger partial charge in [0.15, 0.2) is 0 Å². The van der Waals surface area contributed by atoms with Crippen molar-refractivity contribution in [3.63, 3.8) is 0 Å². The van der Waals surface area contributed by atoms with Gasteiger partial charge >= 0.3 is 5.97 Å². The van der Waals surface area contributed by atoms with Crippen molar-refractivity contribution < 1.29 is 9.90 Å². The fourth-order valence-electron chi connectivity index (χ4n) is 1.92. The van der Waals surface area contributed by atoms with Crippen LogP contribution in [0.15, 0.2) is 22.4 Å². The standard InChI is InChI=1S/C12H11N5O3S/c18-10(19)2-1-7-5-17(16-15-7)6-9-13-8-3-4-21-11(8)12(20)14-9/h3-5H,1-2,6H2,(H,18,19)(H,13,14,20). The van der Waals surface area contributed by atoms with Crippen molar-refractivity contribution in [2.45, 2.75) is 19.4 Å². The minimum absolute atomic E-state index is 0.00857. The van der Waals surface area contributed by atoms with Crippen molar-refractivity contribution in [3.05, 3.63) is 39.5 Å². The maximum absolute atomic E-state index is 11.8. The van der Waals surface area contributed by atoms with E-state index < -0.39 is 5.97 Å². The predicted octanol–water partition coefficient (Wildman–Crippen LogP) is 0.642. The van der Waals surface area contributed by atoms with Crippen LogP contribution in [0.2, 0.25) is 0 Å². The third kappa shape index (κ3) is 2.97. The van der Waals surface area contributed by atoms with E-state index in [0.717, 1.165) is 0 Å². The molecule has 2 N–H and O–H groups in total. The molecule has 0 amide bonds. The normalized spacial score (nSPS) is 11.0. The number of H-pyrrole nitrogens is 1. The number of thiophene rings is 1. The number of aryl methyl sites for hydroxylation is 1. The zero-order valence-corrected chi connectivity index (χ0v) is 11.6. The van der Waals surface area contributed by atoms with Gasteiger partial charge in [0.05, 0.1) is 17.6 Å². The molecule has 0 fully saturated rings. The number of nitrogens with zero attached hydrogens (tertiary/aromatic N) is 4. The van der Waals surface area contributed by atoms with Gasteiger partial charge in [-0.05, 0) is 11.4 Å². The monoisotopic (exact) mass is 305 g/mol. The molecule has 0 aromatic carbocycles. The van der Waals surface area contributed by atoms with Crippen molar-refractivity contribution in [1.29, 1.82) is 0 Å². The summed E-state index contributed by atoms with van der Waals surface area (Å²) in [4.78, 5) is 29.4. The van der Waals surface area contributed by atoms with E-state index >= 15 is 0 Å². The molecule has 0 aliphatic rings. The average molecular weight is 305 g/mol. The van der Waals surface area contributed by atoms with Crippen molar-refractivity contribution in [2.24, 2.45) is 0 Å². The molecule has 0 bridgehead atoms. The first-order valence-corrected chi connectivity index (χ1v) is 7.07. The highest BCUT2D eigenvalue weighted by molar-refractivity contribution is 7.17. The Morgan fingerprint density at radius 3 is 3.14 bits per heavy atom. The Morgan fingerprint density at radius 1 is 1.48 bits per heavy atom. The van der Waals surface area contributed by atoms with E-state index in [1.165, 1.54) is 16.0 Å². The fourth-order valence-corrected chi connectivity index (χ4v) is 2.64. The van der Waals surface area contributed by atoms with Crippen LogP contribution in [-0.2, 0) is 17.8 Å². The lowest BCUT2D eigenvalue weighted by molar-refractivity contribution is -0.136. The Hall–Kier alpha value is -2.55. The lowest BCUT2D eigenvalue weighted by atomic mass is 10.2. The topological polar surface area (TPSA) is 114 Å². The van der Waals surface area contributed by atoms with Crippen LogP contribution in [0, 0.1) is 0 Å². The Balaban J connectivity index is 1.78. The van der Waals surface area contributed by atoms with Gasteiger partial charge < -0.3 is 10.1 Å². The molecule has 0 aliphatic heterocycles. The maximum Gasteiger partial charge on any atom is 0.303 e. The first kappa shape index (κ1) is 13.4. The summed E-state index contributed by atoms with van der Waals surface area (Å²) in [5.74, 6) is -0.390. The summed E-state index contributed by atoms with van der Waals surface area (Å²) in [6.07, 6.45) is 1.98. The second kappa shape index (κ2) is 5.44. The molecule has 3 aromatic rings. The molecule has 0 atom stereocenters. The number of carboxylic acid groups (broad SMARTS) is 1. The highest BCUT2D eigenvalue weighted by Gasteiger charge is 2.08. The average Bonchev–Trinajstić information content (AvgIpc) is 3.05. The van der Waals surface area contributed by atoms with Crippen LogP contribution in [0.3, 0.4) is 0 Å². The lowest BCUT2D eigenvalue weighted by Crippen LogP contribution is -2.13. The predicted molar refractivity (Wildman–Crippen MR) is 75.3 cm³/mol. The molecule has 0 saturated heterocycles. The number of hydrogen-bond donors (Lipinski definition) is 2. The molecule has 0 aliphatic carbocycles. The van der Waals surface area contributed by atoms with E-state index in [9.17, 15) is 9.59 Å². The number of aliphatic carboxylic acids is 1. The molecule has 3 heterocycles. The zero-order valence-electron chi connectivity index (χ0n) is 10.8. The van der Waals surface area contributed by atoms with Gasteiger partial charge in [-0.1, -0.05) is 5.21 Å². The summed E-state index contributed by atoms with van der Waals surface area (Å²) in [6.45, 7) is 0.279. The minimum atomic E-state index is -0.876. The molecular weight excluding hydrogens is 294 g/mol. The van der Waals surface area contributed by atoms with Gasteiger partial charge in [0, 0.05) is 12.6 Å². The highest BCUT2D eigenvalue weighted by Crippen LogP contribution is 2.13. The van der Waals surface area contributed by atoms with Crippen LogP contribution in [0.4, 0.5) is 0 Å². The summed E-state index contributed by atoms with van der Waals surface area (Å²) in [5.41, 5.74) is 1.08. The molecule has 108 valence electrons. The van der Waals surface area contributed by atoms with Crippen molar-refractivity contribution in [3.8, 4) is 0 Å². The van der Waals surface area contributed by atoms with E-state index in [0.29, 0.717) is 28.2 Å². The Bertz CT molecular complexity index is 850. The van der Waals surface area contributed by atoms with Crippen LogP contribution >= 0.6 is 11.3 Å².